The molecule has 0 aliphatic carbocycles. The topological polar surface area (TPSA) is 38.3 Å². The van der Waals surface area contributed by atoms with Crippen molar-refractivity contribution in [2.45, 2.75) is 33.1 Å². The fourth-order valence-electron chi connectivity index (χ4n) is 2.48. The van der Waals surface area contributed by atoms with Gasteiger partial charge in [0, 0.05) is 6.54 Å². The lowest BCUT2D eigenvalue weighted by atomic mass is 10.0. The highest BCUT2D eigenvalue weighted by atomic mass is 19.1. The van der Waals surface area contributed by atoms with E-state index in [4.69, 9.17) is 4.74 Å². The number of amides is 1. The van der Waals surface area contributed by atoms with Crippen LogP contribution in [0.3, 0.4) is 0 Å². The lowest BCUT2D eigenvalue weighted by Crippen LogP contribution is -2.30. The van der Waals surface area contributed by atoms with Crippen LogP contribution in [0.5, 0.6) is 5.75 Å². The fourth-order valence-corrected chi connectivity index (χ4v) is 2.48. The van der Waals surface area contributed by atoms with Crippen molar-refractivity contribution in [1.82, 2.24) is 5.32 Å². The minimum atomic E-state index is -0.261. The van der Waals surface area contributed by atoms with Gasteiger partial charge >= 0.3 is 0 Å². The van der Waals surface area contributed by atoms with Crippen molar-refractivity contribution in [2.24, 2.45) is 0 Å². The second-order valence-corrected chi connectivity index (χ2v) is 6.21. The van der Waals surface area contributed by atoms with Gasteiger partial charge in [0.05, 0.1) is 0 Å². The zero-order valence-electron chi connectivity index (χ0n) is 14.4. The molecule has 2 aromatic rings. The number of aryl methyl sites for hydroxylation is 1. The Morgan fingerprint density at radius 3 is 2.71 bits per heavy atom. The normalized spacial score (nSPS) is 10.7. The van der Waals surface area contributed by atoms with Crippen molar-refractivity contribution in [2.75, 3.05) is 13.2 Å². The van der Waals surface area contributed by atoms with E-state index in [-0.39, 0.29) is 18.3 Å². The Balaban J connectivity index is 1.82. The molecule has 1 amide bonds. The van der Waals surface area contributed by atoms with Gasteiger partial charge in [-0.15, -0.1) is 0 Å². The first-order chi connectivity index (χ1) is 11.5. The molecule has 0 radical (unpaired) electrons. The average molecular weight is 329 g/mol. The van der Waals surface area contributed by atoms with Crippen molar-refractivity contribution in [3.63, 3.8) is 0 Å². The Morgan fingerprint density at radius 2 is 2.00 bits per heavy atom. The SMILES string of the molecule is Cc1ccc(C(C)C)c(OCC(=O)NCCc2cccc(F)c2)c1. The molecular formula is C20H24FNO2. The molecule has 0 aliphatic rings. The molecule has 0 aliphatic heterocycles. The van der Waals surface area contributed by atoms with Crippen LogP contribution in [0.1, 0.15) is 36.5 Å². The van der Waals surface area contributed by atoms with Crippen LogP contribution in [0.2, 0.25) is 0 Å². The summed E-state index contributed by atoms with van der Waals surface area (Å²) < 4.78 is 18.8. The maximum atomic E-state index is 13.1. The van der Waals surface area contributed by atoms with E-state index in [1.807, 2.05) is 31.2 Å². The number of nitrogens with one attached hydrogen (secondary N) is 1. The van der Waals surface area contributed by atoms with Gasteiger partial charge in [0.25, 0.3) is 5.91 Å². The molecule has 0 saturated heterocycles. The van der Waals surface area contributed by atoms with Crippen LogP contribution in [0.25, 0.3) is 0 Å². The zero-order valence-corrected chi connectivity index (χ0v) is 14.4. The number of ether oxygens (including phenoxy) is 1. The highest BCUT2D eigenvalue weighted by molar-refractivity contribution is 5.77. The molecule has 1 N–H and O–H groups in total. The summed E-state index contributed by atoms with van der Waals surface area (Å²) in [7, 11) is 0. The summed E-state index contributed by atoms with van der Waals surface area (Å²) >= 11 is 0. The molecule has 0 unspecified atom stereocenters. The van der Waals surface area contributed by atoms with E-state index in [1.54, 1.807) is 6.07 Å². The lowest BCUT2D eigenvalue weighted by molar-refractivity contribution is -0.123. The molecular weight excluding hydrogens is 305 g/mol. The van der Waals surface area contributed by atoms with Crippen LogP contribution >= 0.6 is 0 Å². The largest absolute Gasteiger partial charge is 0.483 e. The van der Waals surface area contributed by atoms with Gasteiger partial charge in [0.1, 0.15) is 11.6 Å². The zero-order chi connectivity index (χ0) is 17.5. The molecule has 128 valence electrons. The number of halogens is 1. The molecule has 0 spiro atoms. The van der Waals surface area contributed by atoms with E-state index in [1.165, 1.54) is 12.1 Å². The maximum absolute atomic E-state index is 13.1. The molecule has 0 heterocycles. The van der Waals surface area contributed by atoms with Gasteiger partial charge in [-0.1, -0.05) is 38.1 Å². The van der Waals surface area contributed by atoms with Crippen LogP contribution in [-0.2, 0) is 11.2 Å². The van der Waals surface area contributed by atoms with Gasteiger partial charge in [0.2, 0.25) is 0 Å². The quantitative estimate of drug-likeness (QED) is 0.834. The van der Waals surface area contributed by atoms with Crippen molar-refractivity contribution in [1.29, 1.82) is 0 Å². The van der Waals surface area contributed by atoms with E-state index in [2.05, 4.69) is 19.2 Å². The molecule has 0 saturated carbocycles. The highest BCUT2D eigenvalue weighted by Gasteiger charge is 2.10. The summed E-state index contributed by atoms with van der Waals surface area (Å²) in [5, 5.41) is 2.80. The van der Waals surface area contributed by atoms with Crippen molar-refractivity contribution in [3.8, 4) is 5.75 Å². The average Bonchev–Trinajstić information content (AvgIpc) is 2.53. The van der Waals surface area contributed by atoms with Crippen LogP contribution < -0.4 is 10.1 Å². The number of carbonyl (C=O) groups is 1. The standard InChI is InChI=1S/C20H24FNO2/c1-14(2)18-8-7-15(3)11-19(18)24-13-20(23)22-10-9-16-5-4-6-17(21)12-16/h4-8,11-12,14H,9-10,13H2,1-3H3,(H,22,23). The Bertz CT molecular complexity index is 698. The summed E-state index contributed by atoms with van der Waals surface area (Å²) in [6.45, 7) is 6.62. The molecule has 0 aromatic heterocycles. The first kappa shape index (κ1) is 18.0. The third kappa shape index (κ3) is 5.37. The third-order valence-corrected chi connectivity index (χ3v) is 3.77. The number of benzene rings is 2. The number of rotatable bonds is 7. The van der Waals surface area contributed by atoms with Gasteiger partial charge < -0.3 is 10.1 Å². The summed E-state index contributed by atoms with van der Waals surface area (Å²) in [5.41, 5.74) is 3.05. The van der Waals surface area contributed by atoms with Gasteiger partial charge in [0.15, 0.2) is 6.61 Å². The predicted octanol–water partition coefficient (Wildman–Crippen LogP) is 4.00. The molecule has 0 bridgehead atoms. The summed E-state index contributed by atoms with van der Waals surface area (Å²) in [6.07, 6.45) is 0.588. The van der Waals surface area contributed by atoms with Gasteiger partial charge in [-0.3, -0.25) is 4.79 Å². The van der Waals surface area contributed by atoms with Gasteiger partial charge in [-0.05, 0) is 54.2 Å². The Hall–Kier alpha value is -2.36. The minimum absolute atomic E-state index is 0.0215. The van der Waals surface area contributed by atoms with Crippen LogP contribution in [-0.4, -0.2) is 19.1 Å². The number of hydrogen-bond donors (Lipinski definition) is 1. The van der Waals surface area contributed by atoms with E-state index in [0.717, 1.165) is 22.4 Å². The van der Waals surface area contributed by atoms with E-state index >= 15 is 0 Å². The van der Waals surface area contributed by atoms with Crippen LogP contribution in [0.4, 0.5) is 4.39 Å². The van der Waals surface area contributed by atoms with E-state index in [9.17, 15) is 9.18 Å². The Morgan fingerprint density at radius 1 is 1.21 bits per heavy atom. The third-order valence-electron chi connectivity index (χ3n) is 3.77. The molecule has 4 heteroatoms. The number of hydrogen-bond acceptors (Lipinski definition) is 2. The number of carbonyl (C=O) groups excluding carboxylic acids is 1. The lowest BCUT2D eigenvalue weighted by Gasteiger charge is -2.14. The summed E-state index contributed by atoms with van der Waals surface area (Å²) in [5.74, 6) is 0.646. The predicted molar refractivity (Wildman–Crippen MR) is 93.9 cm³/mol. The van der Waals surface area contributed by atoms with Crippen molar-refractivity contribution >= 4 is 5.91 Å². The first-order valence-electron chi connectivity index (χ1n) is 8.20. The van der Waals surface area contributed by atoms with Crippen LogP contribution in [0, 0.1) is 12.7 Å². The second-order valence-electron chi connectivity index (χ2n) is 6.21. The molecule has 0 fully saturated rings. The molecule has 0 atom stereocenters. The molecule has 3 nitrogen and oxygen atoms in total. The molecule has 2 aromatic carbocycles. The molecule has 2 rings (SSSR count). The fraction of sp³-hybridized carbons (Fsp3) is 0.350. The van der Waals surface area contributed by atoms with E-state index < -0.39 is 0 Å². The van der Waals surface area contributed by atoms with E-state index in [0.29, 0.717) is 18.9 Å². The minimum Gasteiger partial charge on any atom is -0.483 e. The smallest absolute Gasteiger partial charge is 0.257 e. The van der Waals surface area contributed by atoms with Gasteiger partial charge in [-0.2, -0.15) is 0 Å². The van der Waals surface area contributed by atoms with Crippen molar-refractivity contribution in [3.05, 3.63) is 65.0 Å². The second kappa shape index (κ2) is 8.48. The van der Waals surface area contributed by atoms with Gasteiger partial charge in [-0.25, -0.2) is 4.39 Å². The molecule has 24 heavy (non-hydrogen) atoms. The summed E-state index contributed by atoms with van der Waals surface area (Å²) in [6, 6.07) is 12.4. The monoisotopic (exact) mass is 329 g/mol. The van der Waals surface area contributed by atoms with Crippen molar-refractivity contribution < 1.29 is 13.9 Å². The van der Waals surface area contributed by atoms with Crippen LogP contribution in [0.15, 0.2) is 42.5 Å². The first-order valence-corrected chi connectivity index (χ1v) is 8.20. The summed E-state index contributed by atoms with van der Waals surface area (Å²) in [4.78, 5) is 11.9. The Kier molecular flexibility index (Phi) is 6.36. The maximum Gasteiger partial charge on any atom is 0.257 e. The highest BCUT2D eigenvalue weighted by Crippen LogP contribution is 2.27. The Labute approximate surface area is 142 Å².